The zero-order valence-corrected chi connectivity index (χ0v) is 9.65. The number of nitrogens with zero attached hydrogens (tertiary/aromatic N) is 2. The lowest BCUT2D eigenvalue weighted by molar-refractivity contribution is 0.0368. The van der Waals surface area contributed by atoms with Crippen molar-refractivity contribution in [3.8, 4) is 0 Å². The number of hydrogen-bond acceptors (Lipinski definition) is 4. The predicted octanol–water partition coefficient (Wildman–Crippen LogP) is 2.04. The maximum Gasteiger partial charge on any atom is 0.229 e. The average molecular weight is 222 g/mol. The van der Waals surface area contributed by atoms with Gasteiger partial charge in [-0.05, 0) is 38.0 Å². The minimum absolute atomic E-state index is 0.523. The van der Waals surface area contributed by atoms with Crippen LogP contribution in [-0.4, -0.2) is 20.8 Å². The van der Waals surface area contributed by atoms with Crippen LogP contribution in [0.5, 0.6) is 0 Å². The molecule has 0 amide bonds. The van der Waals surface area contributed by atoms with Crippen LogP contribution in [0.4, 0.5) is 0 Å². The molecule has 2 saturated carbocycles. The summed E-state index contributed by atoms with van der Waals surface area (Å²) in [7, 11) is 0. The molecule has 4 heteroatoms. The summed E-state index contributed by atoms with van der Waals surface area (Å²) in [5, 5.41) is 14.3. The van der Waals surface area contributed by atoms with Gasteiger partial charge in [-0.2, -0.15) is 4.98 Å². The summed E-state index contributed by atoms with van der Waals surface area (Å²) in [5.74, 6) is 2.58. The molecule has 0 bridgehead atoms. The van der Waals surface area contributed by atoms with Crippen LogP contribution in [0.2, 0.25) is 0 Å². The van der Waals surface area contributed by atoms with Gasteiger partial charge in [0.1, 0.15) is 0 Å². The maximum absolute atomic E-state index is 10.4. The smallest absolute Gasteiger partial charge is 0.229 e. The fourth-order valence-corrected chi connectivity index (χ4v) is 2.66. The zero-order chi connectivity index (χ0) is 11.2. The summed E-state index contributed by atoms with van der Waals surface area (Å²) in [6, 6.07) is 0. The fraction of sp³-hybridized carbons (Fsp3) is 0.833. The second-order valence-corrected chi connectivity index (χ2v) is 5.57. The summed E-state index contributed by atoms with van der Waals surface area (Å²) in [6.45, 7) is 2.18. The second-order valence-electron chi connectivity index (χ2n) is 5.57. The largest absolute Gasteiger partial charge is 0.389 e. The Morgan fingerprint density at radius 3 is 2.88 bits per heavy atom. The first kappa shape index (κ1) is 10.3. The minimum atomic E-state index is -0.604. The van der Waals surface area contributed by atoms with E-state index >= 15 is 0 Å². The van der Waals surface area contributed by atoms with Gasteiger partial charge in [0.2, 0.25) is 5.89 Å². The Labute approximate surface area is 95.0 Å². The van der Waals surface area contributed by atoms with Gasteiger partial charge in [0.05, 0.1) is 12.0 Å². The van der Waals surface area contributed by atoms with Crippen molar-refractivity contribution in [1.82, 2.24) is 10.1 Å². The van der Waals surface area contributed by atoms with Crippen molar-refractivity contribution in [2.45, 2.75) is 57.0 Å². The Morgan fingerprint density at radius 2 is 2.25 bits per heavy atom. The van der Waals surface area contributed by atoms with E-state index in [1.807, 2.05) is 0 Å². The Bertz CT molecular complexity index is 386. The van der Waals surface area contributed by atoms with Gasteiger partial charge >= 0.3 is 0 Å². The summed E-state index contributed by atoms with van der Waals surface area (Å²) in [4.78, 5) is 4.37. The lowest BCUT2D eigenvalue weighted by Crippen LogP contribution is -2.27. The SMILES string of the molecule is C[C@@H]1CC[C@@](O)(Cc2nc(C3CC3)no2)C1. The molecule has 1 aromatic rings. The van der Waals surface area contributed by atoms with Crippen LogP contribution < -0.4 is 0 Å². The normalized spacial score (nSPS) is 34.5. The second kappa shape index (κ2) is 3.55. The van der Waals surface area contributed by atoms with Crippen molar-refractivity contribution < 1.29 is 9.63 Å². The molecule has 2 atom stereocenters. The summed E-state index contributed by atoms with van der Waals surface area (Å²) in [6.07, 6.45) is 5.70. The van der Waals surface area contributed by atoms with Crippen molar-refractivity contribution in [3.63, 3.8) is 0 Å². The highest BCUT2D eigenvalue weighted by Gasteiger charge is 2.37. The molecule has 0 radical (unpaired) electrons. The van der Waals surface area contributed by atoms with Crippen LogP contribution >= 0.6 is 0 Å². The molecule has 1 heterocycles. The first-order valence-corrected chi connectivity index (χ1v) is 6.19. The molecule has 4 nitrogen and oxygen atoms in total. The Balaban J connectivity index is 1.68. The van der Waals surface area contributed by atoms with Gasteiger partial charge in [0, 0.05) is 5.92 Å². The van der Waals surface area contributed by atoms with Gasteiger partial charge in [-0.15, -0.1) is 0 Å². The topological polar surface area (TPSA) is 59.2 Å². The molecule has 2 aliphatic rings. The highest BCUT2D eigenvalue weighted by atomic mass is 16.5. The third-order valence-corrected chi connectivity index (χ3v) is 3.74. The van der Waals surface area contributed by atoms with Crippen molar-refractivity contribution in [2.75, 3.05) is 0 Å². The van der Waals surface area contributed by atoms with Gasteiger partial charge in [0.15, 0.2) is 5.82 Å². The Kier molecular flexibility index (Phi) is 2.28. The summed E-state index contributed by atoms with van der Waals surface area (Å²) in [5.41, 5.74) is -0.604. The predicted molar refractivity (Wildman–Crippen MR) is 57.9 cm³/mol. The third-order valence-electron chi connectivity index (χ3n) is 3.74. The van der Waals surface area contributed by atoms with Crippen molar-refractivity contribution in [2.24, 2.45) is 5.92 Å². The molecule has 1 aromatic heterocycles. The van der Waals surface area contributed by atoms with Crippen LogP contribution in [0.3, 0.4) is 0 Å². The zero-order valence-electron chi connectivity index (χ0n) is 9.65. The number of hydrogen-bond donors (Lipinski definition) is 1. The van der Waals surface area contributed by atoms with E-state index in [2.05, 4.69) is 17.1 Å². The molecule has 0 spiro atoms. The van der Waals surface area contributed by atoms with Gasteiger partial charge in [0.25, 0.3) is 0 Å². The van der Waals surface area contributed by atoms with Crippen LogP contribution in [-0.2, 0) is 6.42 Å². The quantitative estimate of drug-likeness (QED) is 0.850. The first-order valence-electron chi connectivity index (χ1n) is 6.19. The number of aromatic nitrogens is 2. The van der Waals surface area contributed by atoms with E-state index in [0.29, 0.717) is 24.1 Å². The van der Waals surface area contributed by atoms with Crippen LogP contribution in [0.25, 0.3) is 0 Å². The molecule has 2 fully saturated rings. The highest BCUT2D eigenvalue weighted by molar-refractivity contribution is 5.05. The van der Waals surface area contributed by atoms with E-state index in [1.165, 1.54) is 12.8 Å². The van der Waals surface area contributed by atoms with E-state index in [9.17, 15) is 5.11 Å². The molecule has 88 valence electrons. The highest BCUT2D eigenvalue weighted by Crippen LogP contribution is 2.39. The lowest BCUT2D eigenvalue weighted by atomic mass is 9.97. The third kappa shape index (κ3) is 1.98. The lowest BCUT2D eigenvalue weighted by Gasteiger charge is -2.19. The van der Waals surface area contributed by atoms with E-state index in [-0.39, 0.29) is 0 Å². The van der Waals surface area contributed by atoms with Crippen molar-refractivity contribution in [1.29, 1.82) is 0 Å². The number of aliphatic hydroxyl groups is 1. The summed E-state index contributed by atoms with van der Waals surface area (Å²) < 4.78 is 5.21. The molecule has 2 aliphatic carbocycles. The molecule has 0 unspecified atom stereocenters. The van der Waals surface area contributed by atoms with E-state index in [4.69, 9.17) is 4.52 Å². The Hall–Kier alpha value is -0.900. The van der Waals surface area contributed by atoms with Crippen LogP contribution in [0.15, 0.2) is 4.52 Å². The van der Waals surface area contributed by atoms with E-state index in [0.717, 1.165) is 25.1 Å². The molecule has 0 aliphatic heterocycles. The minimum Gasteiger partial charge on any atom is -0.389 e. The van der Waals surface area contributed by atoms with Gasteiger partial charge in [-0.3, -0.25) is 0 Å². The van der Waals surface area contributed by atoms with E-state index < -0.39 is 5.60 Å². The molecular weight excluding hydrogens is 204 g/mol. The maximum atomic E-state index is 10.4. The molecule has 0 saturated heterocycles. The first-order chi connectivity index (χ1) is 7.65. The van der Waals surface area contributed by atoms with Crippen molar-refractivity contribution >= 4 is 0 Å². The standard InChI is InChI=1S/C12H18N2O2/c1-8-4-5-12(15,6-8)7-10-13-11(14-16-10)9-2-3-9/h8-9,15H,2-7H2,1H3/t8-,12+/m1/s1. The molecule has 16 heavy (non-hydrogen) atoms. The number of rotatable bonds is 3. The van der Waals surface area contributed by atoms with Gasteiger partial charge in [-0.25, -0.2) is 0 Å². The van der Waals surface area contributed by atoms with Crippen LogP contribution in [0, 0.1) is 5.92 Å². The van der Waals surface area contributed by atoms with Gasteiger partial charge < -0.3 is 9.63 Å². The molecule has 1 N–H and O–H groups in total. The monoisotopic (exact) mass is 222 g/mol. The van der Waals surface area contributed by atoms with E-state index in [1.54, 1.807) is 0 Å². The average Bonchev–Trinajstić information content (AvgIpc) is 2.89. The van der Waals surface area contributed by atoms with Crippen molar-refractivity contribution in [3.05, 3.63) is 11.7 Å². The molecule has 3 rings (SSSR count). The van der Waals surface area contributed by atoms with Crippen LogP contribution in [0.1, 0.15) is 56.7 Å². The fourth-order valence-electron chi connectivity index (χ4n) is 2.66. The molecular formula is C12H18N2O2. The van der Waals surface area contributed by atoms with Gasteiger partial charge in [-0.1, -0.05) is 12.1 Å². The Morgan fingerprint density at radius 1 is 1.44 bits per heavy atom. The molecule has 0 aromatic carbocycles. The summed E-state index contributed by atoms with van der Waals surface area (Å²) >= 11 is 0.